The molecule has 0 unspecified atom stereocenters. The first-order valence-electron chi connectivity index (χ1n) is 5.54. The lowest BCUT2D eigenvalue weighted by atomic mass is 9.74. The van der Waals surface area contributed by atoms with E-state index in [1.54, 1.807) is 12.1 Å². The molecule has 1 fully saturated rings. The number of nitro benzene ring substituents is 1. The molecule has 4 heteroatoms. The summed E-state index contributed by atoms with van der Waals surface area (Å²) in [6.45, 7) is 2.02. The summed E-state index contributed by atoms with van der Waals surface area (Å²) in [4.78, 5) is 10.4. The van der Waals surface area contributed by atoms with Gasteiger partial charge in [-0.1, -0.05) is 6.07 Å². The van der Waals surface area contributed by atoms with Crippen LogP contribution in [0.2, 0.25) is 0 Å². The lowest BCUT2D eigenvalue weighted by Crippen LogP contribution is -2.37. The Hall–Kier alpha value is -1.42. The zero-order valence-electron chi connectivity index (χ0n) is 9.56. The van der Waals surface area contributed by atoms with Gasteiger partial charge in [0.1, 0.15) is 0 Å². The second-order valence-corrected chi connectivity index (χ2v) is 4.45. The fraction of sp³-hybridized carbons (Fsp3) is 0.500. The minimum Gasteiger partial charge on any atom is -0.317 e. The molecule has 0 atom stereocenters. The Morgan fingerprint density at radius 3 is 2.69 bits per heavy atom. The highest BCUT2D eigenvalue weighted by Gasteiger charge is 2.30. The maximum atomic E-state index is 10.7. The minimum atomic E-state index is -0.322. The molecule has 1 N–H and O–H groups in total. The van der Waals surface area contributed by atoms with E-state index < -0.39 is 0 Å². The van der Waals surface area contributed by atoms with Gasteiger partial charge in [0.2, 0.25) is 0 Å². The standard InChI is InChI=1S/C12H16N2O2/c1-8-3-4-11(14(15)16)7-12(8)9-5-10(6-9)13-2/h3-4,7,9-10,13H,5-6H2,1-2H3. The van der Waals surface area contributed by atoms with E-state index in [0.717, 1.165) is 24.0 Å². The van der Waals surface area contributed by atoms with E-state index in [4.69, 9.17) is 0 Å². The zero-order chi connectivity index (χ0) is 11.7. The van der Waals surface area contributed by atoms with Crippen molar-refractivity contribution in [3.63, 3.8) is 0 Å². The molecule has 1 saturated carbocycles. The first kappa shape index (κ1) is 11.1. The fourth-order valence-electron chi connectivity index (χ4n) is 2.29. The first-order valence-corrected chi connectivity index (χ1v) is 5.54. The summed E-state index contributed by atoms with van der Waals surface area (Å²) < 4.78 is 0. The Bertz CT molecular complexity index is 411. The highest BCUT2D eigenvalue weighted by Crippen LogP contribution is 2.39. The van der Waals surface area contributed by atoms with Crippen LogP contribution in [0.3, 0.4) is 0 Å². The van der Waals surface area contributed by atoms with Gasteiger partial charge >= 0.3 is 0 Å². The van der Waals surface area contributed by atoms with Gasteiger partial charge in [0.25, 0.3) is 5.69 Å². The van der Waals surface area contributed by atoms with Crippen LogP contribution in [0.5, 0.6) is 0 Å². The van der Waals surface area contributed by atoms with Crippen LogP contribution in [0.1, 0.15) is 29.9 Å². The third-order valence-corrected chi connectivity index (χ3v) is 3.46. The summed E-state index contributed by atoms with van der Waals surface area (Å²) in [5.41, 5.74) is 2.50. The average Bonchev–Trinajstić information content (AvgIpc) is 2.18. The number of benzene rings is 1. The van der Waals surface area contributed by atoms with E-state index in [1.165, 1.54) is 0 Å². The van der Waals surface area contributed by atoms with Gasteiger partial charge < -0.3 is 5.32 Å². The van der Waals surface area contributed by atoms with Crippen LogP contribution in [0.4, 0.5) is 5.69 Å². The summed E-state index contributed by atoms with van der Waals surface area (Å²) in [5.74, 6) is 0.484. The second-order valence-electron chi connectivity index (χ2n) is 4.45. The highest BCUT2D eigenvalue weighted by atomic mass is 16.6. The largest absolute Gasteiger partial charge is 0.317 e. The maximum absolute atomic E-state index is 10.7. The summed E-state index contributed by atoms with van der Waals surface area (Å²) in [5, 5.41) is 13.9. The number of aryl methyl sites for hydroxylation is 1. The molecule has 0 spiro atoms. The van der Waals surface area contributed by atoms with Crippen molar-refractivity contribution in [1.29, 1.82) is 0 Å². The van der Waals surface area contributed by atoms with Crippen molar-refractivity contribution in [2.45, 2.75) is 31.7 Å². The maximum Gasteiger partial charge on any atom is 0.269 e. The van der Waals surface area contributed by atoms with Crippen LogP contribution < -0.4 is 5.32 Å². The topological polar surface area (TPSA) is 55.2 Å². The van der Waals surface area contributed by atoms with Crippen LogP contribution >= 0.6 is 0 Å². The molecule has 0 radical (unpaired) electrons. The van der Waals surface area contributed by atoms with Gasteiger partial charge in [0.05, 0.1) is 4.92 Å². The monoisotopic (exact) mass is 220 g/mol. The lowest BCUT2D eigenvalue weighted by Gasteiger charge is -2.36. The molecular weight excluding hydrogens is 204 g/mol. The lowest BCUT2D eigenvalue weighted by molar-refractivity contribution is -0.385. The molecule has 0 saturated heterocycles. The predicted octanol–water partition coefficient (Wildman–Crippen LogP) is 2.37. The van der Waals surface area contributed by atoms with Crippen molar-refractivity contribution in [3.8, 4) is 0 Å². The predicted molar refractivity (Wildman–Crippen MR) is 62.7 cm³/mol. The summed E-state index contributed by atoms with van der Waals surface area (Å²) >= 11 is 0. The van der Waals surface area contributed by atoms with Crippen molar-refractivity contribution in [3.05, 3.63) is 39.4 Å². The Balaban J connectivity index is 2.20. The van der Waals surface area contributed by atoms with E-state index in [-0.39, 0.29) is 10.6 Å². The molecular formula is C12H16N2O2. The number of hydrogen-bond donors (Lipinski definition) is 1. The number of non-ortho nitro benzene ring substituents is 1. The number of hydrogen-bond acceptors (Lipinski definition) is 3. The highest BCUT2D eigenvalue weighted by molar-refractivity contribution is 5.42. The number of nitrogens with one attached hydrogen (secondary N) is 1. The summed E-state index contributed by atoms with van der Waals surface area (Å²) in [6, 6.07) is 5.72. The number of rotatable bonds is 3. The van der Waals surface area contributed by atoms with Crippen LogP contribution in [0, 0.1) is 17.0 Å². The zero-order valence-corrected chi connectivity index (χ0v) is 9.56. The van der Waals surface area contributed by atoms with E-state index in [0.29, 0.717) is 12.0 Å². The van der Waals surface area contributed by atoms with Crippen molar-refractivity contribution >= 4 is 5.69 Å². The molecule has 1 aromatic carbocycles. The van der Waals surface area contributed by atoms with Crippen LogP contribution in [-0.2, 0) is 0 Å². The molecule has 4 nitrogen and oxygen atoms in total. The van der Waals surface area contributed by atoms with Crippen molar-refractivity contribution < 1.29 is 4.92 Å². The van der Waals surface area contributed by atoms with Gasteiger partial charge in [0.15, 0.2) is 0 Å². The average molecular weight is 220 g/mol. The van der Waals surface area contributed by atoms with Crippen molar-refractivity contribution in [2.75, 3.05) is 7.05 Å². The van der Waals surface area contributed by atoms with Crippen LogP contribution in [-0.4, -0.2) is 18.0 Å². The Morgan fingerprint density at radius 2 is 2.12 bits per heavy atom. The number of nitrogens with zero attached hydrogens (tertiary/aromatic N) is 1. The van der Waals surface area contributed by atoms with E-state index in [2.05, 4.69) is 5.32 Å². The molecule has 0 heterocycles. The molecule has 1 aliphatic rings. The van der Waals surface area contributed by atoms with Gasteiger partial charge in [-0.15, -0.1) is 0 Å². The molecule has 0 aliphatic heterocycles. The van der Waals surface area contributed by atoms with Crippen molar-refractivity contribution in [1.82, 2.24) is 5.32 Å². The third-order valence-electron chi connectivity index (χ3n) is 3.46. The fourth-order valence-corrected chi connectivity index (χ4v) is 2.29. The molecule has 0 bridgehead atoms. The molecule has 86 valence electrons. The minimum absolute atomic E-state index is 0.202. The van der Waals surface area contributed by atoms with Gasteiger partial charge in [-0.05, 0) is 43.9 Å². The Morgan fingerprint density at radius 1 is 1.44 bits per heavy atom. The number of nitro groups is 1. The molecule has 16 heavy (non-hydrogen) atoms. The Labute approximate surface area is 94.8 Å². The second kappa shape index (κ2) is 4.22. The van der Waals surface area contributed by atoms with Gasteiger partial charge in [-0.3, -0.25) is 10.1 Å². The van der Waals surface area contributed by atoms with Gasteiger partial charge in [-0.25, -0.2) is 0 Å². The molecule has 1 aromatic rings. The van der Waals surface area contributed by atoms with Gasteiger partial charge in [-0.2, -0.15) is 0 Å². The smallest absolute Gasteiger partial charge is 0.269 e. The summed E-state index contributed by atoms with van der Waals surface area (Å²) in [7, 11) is 1.96. The molecule has 0 aromatic heterocycles. The van der Waals surface area contributed by atoms with E-state index in [1.807, 2.05) is 20.0 Å². The van der Waals surface area contributed by atoms with E-state index in [9.17, 15) is 10.1 Å². The Kier molecular flexibility index (Phi) is 2.92. The quantitative estimate of drug-likeness (QED) is 0.628. The van der Waals surface area contributed by atoms with E-state index >= 15 is 0 Å². The molecule has 0 amide bonds. The van der Waals surface area contributed by atoms with Crippen LogP contribution in [0.25, 0.3) is 0 Å². The normalized spacial score (nSPS) is 23.9. The molecule has 1 aliphatic carbocycles. The SMILES string of the molecule is CNC1CC(c2cc([N+](=O)[O-])ccc2C)C1. The first-order chi connectivity index (χ1) is 7.61. The van der Waals surface area contributed by atoms with Crippen molar-refractivity contribution in [2.24, 2.45) is 0 Å². The molecule has 2 rings (SSSR count). The third kappa shape index (κ3) is 1.93. The van der Waals surface area contributed by atoms with Gasteiger partial charge in [0, 0.05) is 18.2 Å². The van der Waals surface area contributed by atoms with Crippen LogP contribution in [0.15, 0.2) is 18.2 Å². The summed E-state index contributed by atoms with van der Waals surface area (Å²) in [6.07, 6.45) is 2.16.